The Morgan fingerprint density at radius 1 is 1.21 bits per heavy atom. The lowest BCUT2D eigenvalue weighted by atomic mass is 9.83. The highest BCUT2D eigenvalue weighted by atomic mass is 16.5. The van der Waals surface area contributed by atoms with Gasteiger partial charge in [-0.25, -0.2) is 0 Å². The van der Waals surface area contributed by atoms with Crippen LogP contribution in [0.5, 0.6) is 0 Å². The first-order valence-corrected chi connectivity index (χ1v) is 9.74. The number of guanidine groups is 1. The van der Waals surface area contributed by atoms with E-state index in [-0.39, 0.29) is 12.0 Å². The van der Waals surface area contributed by atoms with Crippen LogP contribution in [0.15, 0.2) is 4.99 Å². The molecule has 3 N–H and O–H groups in total. The van der Waals surface area contributed by atoms with Gasteiger partial charge in [0, 0.05) is 31.7 Å². The lowest BCUT2D eigenvalue weighted by Gasteiger charge is -2.30. The van der Waals surface area contributed by atoms with E-state index in [1.807, 2.05) is 0 Å². The maximum Gasteiger partial charge on any atom is 0.191 e. The summed E-state index contributed by atoms with van der Waals surface area (Å²) in [5.74, 6) is 0.869. The smallest absolute Gasteiger partial charge is 0.191 e. The van der Waals surface area contributed by atoms with Crippen molar-refractivity contribution >= 4 is 5.96 Å². The van der Waals surface area contributed by atoms with Gasteiger partial charge in [0.05, 0.1) is 13.2 Å². The molecule has 0 bridgehead atoms. The SMILES string of the molecule is CCNC(=NCC(C)(CC)CO)NCC1(CCOCC)CCCC1. The average molecular weight is 342 g/mol. The predicted molar refractivity (Wildman–Crippen MR) is 101 cm³/mol. The van der Waals surface area contributed by atoms with Gasteiger partial charge in [0.1, 0.15) is 0 Å². The Labute approximate surface area is 148 Å². The van der Waals surface area contributed by atoms with Gasteiger partial charge >= 0.3 is 0 Å². The zero-order chi connectivity index (χ0) is 17.9. The number of aliphatic hydroxyl groups is 1. The van der Waals surface area contributed by atoms with Crippen LogP contribution in [0.25, 0.3) is 0 Å². The molecule has 5 heteroatoms. The fraction of sp³-hybridized carbons (Fsp3) is 0.947. The van der Waals surface area contributed by atoms with Crippen LogP contribution in [-0.2, 0) is 4.74 Å². The van der Waals surface area contributed by atoms with Crippen LogP contribution in [0.1, 0.15) is 66.2 Å². The van der Waals surface area contributed by atoms with Gasteiger partial charge in [0.15, 0.2) is 5.96 Å². The largest absolute Gasteiger partial charge is 0.396 e. The second kappa shape index (κ2) is 10.9. The van der Waals surface area contributed by atoms with Crippen LogP contribution < -0.4 is 10.6 Å². The van der Waals surface area contributed by atoms with Crippen LogP contribution in [0.2, 0.25) is 0 Å². The number of hydrogen-bond donors (Lipinski definition) is 3. The quantitative estimate of drug-likeness (QED) is 0.307. The number of rotatable bonds is 11. The zero-order valence-corrected chi connectivity index (χ0v) is 16.3. The highest BCUT2D eigenvalue weighted by Crippen LogP contribution is 2.40. The number of hydrogen-bond acceptors (Lipinski definition) is 3. The molecule has 1 rings (SSSR count). The topological polar surface area (TPSA) is 65.9 Å². The lowest BCUT2D eigenvalue weighted by Crippen LogP contribution is -2.44. The minimum absolute atomic E-state index is 0.137. The van der Waals surface area contributed by atoms with Crippen LogP contribution in [0.3, 0.4) is 0 Å². The third-order valence-electron chi connectivity index (χ3n) is 5.47. The van der Waals surface area contributed by atoms with Crippen molar-refractivity contribution in [1.82, 2.24) is 10.6 Å². The van der Waals surface area contributed by atoms with Crippen molar-refractivity contribution in [2.24, 2.45) is 15.8 Å². The molecule has 0 radical (unpaired) electrons. The van der Waals surface area contributed by atoms with Crippen LogP contribution >= 0.6 is 0 Å². The minimum Gasteiger partial charge on any atom is -0.396 e. The van der Waals surface area contributed by atoms with Gasteiger partial charge in [-0.1, -0.05) is 26.7 Å². The van der Waals surface area contributed by atoms with E-state index in [9.17, 15) is 5.11 Å². The van der Waals surface area contributed by atoms with Crippen molar-refractivity contribution in [2.75, 3.05) is 39.5 Å². The maximum atomic E-state index is 9.57. The third kappa shape index (κ3) is 6.98. The molecule has 0 aromatic rings. The molecule has 1 unspecified atom stereocenters. The zero-order valence-electron chi connectivity index (χ0n) is 16.3. The van der Waals surface area contributed by atoms with Crippen molar-refractivity contribution in [3.05, 3.63) is 0 Å². The van der Waals surface area contributed by atoms with Gasteiger partial charge in [0.2, 0.25) is 0 Å². The van der Waals surface area contributed by atoms with E-state index in [1.54, 1.807) is 0 Å². The summed E-state index contributed by atoms with van der Waals surface area (Å²) in [6, 6.07) is 0. The van der Waals surface area contributed by atoms with E-state index >= 15 is 0 Å². The molecule has 142 valence electrons. The van der Waals surface area contributed by atoms with Gasteiger partial charge in [-0.15, -0.1) is 0 Å². The summed E-state index contributed by atoms with van der Waals surface area (Å²) in [6.45, 7) is 12.6. The summed E-state index contributed by atoms with van der Waals surface area (Å²) in [7, 11) is 0. The number of aliphatic hydroxyl groups excluding tert-OH is 1. The van der Waals surface area contributed by atoms with Gasteiger partial charge < -0.3 is 20.5 Å². The highest BCUT2D eigenvalue weighted by molar-refractivity contribution is 5.79. The molecule has 1 atom stereocenters. The average Bonchev–Trinajstić information content (AvgIpc) is 3.06. The summed E-state index contributed by atoms with van der Waals surface area (Å²) in [4.78, 5) is 4.72. The van der Waals surface area contributed by atoms with Crippen molar-refractivity contribution in [3.63, 3.8) is 0 Å². The van der Waals surface area contributed by atoms with Gasteiger partial charge in [-0.05, 0) is 44.9 Å². The summed E-state index contributed by atoms with van der Waals surface area (Å²) < 4.78 is 5.59. The predicted octanol–water partition coefficient (Wildman–Crippen LogP) is 2.94. The number of ether oxygens (including phenoxy) is 1. The van der Waals surface area contributed by atoms with E-state index in [2.05, 4.69) is 38.3 Å². The number of nitrogens with zero attached hydrogens (tertiary/aromatic N) is 1. The summed E-state index contributed by atoms with van der Waals surface area (Å²) in [5, 5.41) is 16.5. The maximum absolute atomic E-state index is 9.57. The van der Waals surface area contributed by atoms with Gasteiger partial charge in [-0.3, -0.25) is 4.99 Å². The van der Waals surface area contributed by atoms with E-state index < -0.39 is 0 Å². The number of aliphatic imine (C=N–C) groups is 1. The second-order valence-corrected chi connectivity index (χ2v) is 7.53. The van der Waals surface area contributed by atoms with E-state index in [1.165, 1.54) is 25.7 Å². The van der Waals surface area contributed by atoms with E-state index in [4.69, 9.17) is 9.73 Å². The van der Waals surface area contributed by atoms with Gasteiger partial charge in [0.25, 0.3) is 0 Å². The molecule has 0 amide bonds. The Balaban J connectivity index is 2.62. The van der Waals surface area contributed by atoms with E-state index in [0.29, 0.717) is 12.0 Å². The molecule has 1 aliphatic rings. The standard InChI is InChI=1S/C19H39N3O2/c1-5-18(4,16-23)14-21-17(20-6-2)22-15-19(10-8-9-11-19)12-13-24-7-3/h23H,5-16H2,1-4H3,(H2,20,21,22). The fourth-order valence-corrected chi connectivity index (χ4v) is 3.23. The van der Waals surface area contributed by atoms with Crippen LogP contribution in [-0.4, -0.2) is 50.5 Å². The monoisotopic (exact) mass is 341 g/mol. The molecule has 0 spiro atoms. The molecule has 5 nitrogen and oxygen atoms in total. The highest BCUT2D eigenvalue weighted by Gasteiger charge is 2.33. The number of nitrogens with one attached hydrogen (secondary N) is 2. The lowest BCUT2D eigenvalue weighted by molar-refractivity contribution is 0.105. The molecule has 1 aliphatic carbocycles. The molecular formula is C19H39N3O2. The molecule has 1 saturated carbocycles. The Kier molecular flexibility index (Phi) is 9.67. The second-order valence-electron chi connectivity index (χ2n) is 7.53. The molecule has 0 aromatic carbocycles. The molecule has 1 fully saturated rings. The van der Waals surface area contributed by atoms with Crippen molar-refractivity contribution in [3.8, 4) is 0 Å². The Bertz CT molecular complexity index is 362. The first-order chi connectivity index (χ1) is 11.5. The molecule has 0 heterocycles. The Morgan fingerprint density at radius 2 is 1.92 bits per heavy atom. The summed E-state index contributed by atoms with van der Waals surface area (Å²) in [6.07, 6.45) is 7.23. The first kappa shape index (κ1) is 21.2. The molecule has 0 aliphatic heterocycles. The Hall–Kier alpha value is -0.810. The molecule has 24 heavy (non-hydrogen) atoms. The molecular weight excluding hydrogens is 302 g/mol. The summed E-state index contributed by atoms with van der Waals surface area (Å²) in [5.41, 5.74) is 0.207. The third-order valence-corrected chi connectivity index (χ3v) is 5.47. The first-order valence-electron chi connectivity index (χ1n) is 9.74. The normalized spacial score (nSPS) is 20.0. The van der Waals surface area contributed by atoms with Crippen molar-refractivity contribution in [1.29, 1.82) is 0 Å². The van der Waals surface area contributed by atoms with Crippen LogP contribution in [0.4, 0.5) is 0 Å². The minimum atomic E-state index is -0.137. The fourth-order valence-electron chi connectivity index (χ4n) is 3.23. The van der Waals surface area contributed by atoms with Crippen molar-refractivity contribution < 1.29 is 9.84 Å². The van der Waals surface area contributed by atoms with Crippen LogP contribution in [0, 0.1) is 10.8 Å². The molecule has 0 aromatic heterocycles. The van der Waals surface area contributed by atoms with E-state index in [0.717, 1.165) is 45.1 Å². The van der Waals surface area contributed by atoms with Gasteiger partial charge in [-0.2, -0.15) is 0 Å². The summed E-state index contributed by atoms with van der Waals surface area (Å²) >= 11 is 0. The Morgan fingerprint density at radius 3 is 2.46 bits per heavy atom. The molecule has 0 saturated heterocycles. The van der Waals surface area contributed by atoms with Crippen molar-refractivity contribution in [2.45, 2.75) is 66.2 Å².